The molecule has 4 aliphatic rings. The lowest BCUT2D eigenvalue weighted by atomic mass is 9.79. The third-order valence-corrected chi connectivity index (χ3v) is 11.3. The van der Waals surface area contributed by atoms with E-state index in [4.69, 9.17) is 4.98 Å². The molecule has 36 heavy (non-hydrogen) atoms. The minimum absolute atomic E-state index is 0.00794. The van der Waals surface area contributed by atoms with E-state index < -0.39 is 21.2 Å². The molecule has 4 heterocycles. The van der Waals surface area contributed by atoms with Gasteiger partial charge in [0, 0.05) is 67.9 Å². The first-order valence-corrected chi connectivity index (χ1v) is 14.3. The molecule has 8 nitrogen and oxygen atoms in total. The van der Waals surface area contributed by atoms with Crippen LogP contribution in [0.1, 0.15) is 51.0 Å². The molecule has 0 atom stereocenters. The van der Waals surface area contributed by atoms with Crippen molar-refractivity contribution >= 4 is 32.6 Å². The number of halogens is 2. The van der Waals surface area contributed by atoms with Crippen molar-refractivity contribution < 1.29 is 17.2 Å². The van der Waals surface area contributed by atoms with Crippen LogP contribution in [0.25, 0.3) is 10.9 Å². The number of benzene rings is 1. The molecule has 0 bridgehead atoms. The molecule has 2 aromatic rings. The first-order valence-electron chi connectivity index (χ1n) is 12.9. The number of hydrogen-bond donors (Lipinski definition) is 1. The number of anilines is 2. The van der Waals surface area contributed by atoms with Crippen LogP contribution in [0.4, 0.5) is 20.4 Å². The predicted molar refractivity (Wildman–Crippen MR) is 136 cm³/mol. The lowest BCUT2D eigenvalue weighted by molar-refractivity contribution is 0.0424. The third-order valence-electron chi connectivity index (χ3n) is 8.63. The van der Waals surface area contributed by atoms with Gasteiger partial charge >= 0.3 is 0 Å². The summed E-state index contributed by atoms with van der Waals surface area (Å²) in [5, 5.41) is 3.99. The Balaban J connectivity index is 1.21. The highest BCUT2D eigenvalue weighted by molar-refractivity contribution is 7.90. The fraction of sp³-hybridized carbons (Fsp3) is 0.680. The van der Waals surface area contributed by atoms with Crippen LogP contribution < -0.4 is 10.2 Å². The number of nitrogens with zero attached hydrogens (tertiary/aromatic N) is 5. The smallest absolute Gasteiger partial charge is 0.263 e. The first-order chi connectivity index (χ1) is 17.1. The number of alkyl halides is 2. The van der Waals surface area contributed by atoms with Gasteiger partial charge in [-0.3, -0.25) is 0 Å². The molecular weight excluding hydrogens is 486 g/mol. The quantitative estimate of drug-likeness (QED) is 0.625. The second-order valence-corrected chi connectivity index (χ2v) is 14.0. The van der Waals surface area contributed by atoms with Crippen molar-refractivity contribution in [1.82, 2.24) is 19.2 Å². The second-order valence-electron chi connectivity index (χ2n) is 11.6. The van der Waals surface area contributed by atoms with Gasteiger partial charge in [0.05, 0.1) is 16.0 Å². The van der Waals surface area contributed by atoms with Crippen molar-refractivity contribution in [2.75, 3.05) is 56.5 Å². The monoisotopic (exact) mass is 520 g/mol. The molecule has 1 aromatic heterocycles. The molecule has 1 spiro atoms. The lowest BCUT2D eigenvalue weighted by Gasteiger charge is -2.46. The van der Waals surface area contributed by atoms with E-state index in [1.54, 1.807) is 16.6 Å². The van der Waals surface area contributed by atoms with E-state index in [1.165, 1.54) is 6.07 Å². The molecule has 3 aliphatic heterocycles. The summed E-state index contributed by atoms with van der Waals surface area (Å²) in [5.74, 6) is 0.460. The molecule has 196 valence electrons. The Labute approximate surface area is 211 Å². The average molecular weight is 521 g/mol. The number of likely N-dealkylation sites (tertiary alicyclic amines) is 1. The summed E-state index contributed by atoms with van der Waals surface area (Å²) >= 11 is 0. The van der Waals surface area contributed by atoms with Crippen LogP contribution in [0.3, 0.4) is 0 Å². The highest BCUT2D eigenvalue weighted by Gasteiger charge is 2.53. The molecule has 4 fully saturated rings. The zero-order valence-electron chi connectivity index (χ0n) is 20.9. The molecule has 3 saturated heterocycles. The normalized spacial score (nSPS) is 24.5. The Hall–Kier alpha value is -2.11. The molecule has 0 radical (unpaired) electrons. The van der Waals surface area contributed by atoms with Gasteiger partial charge in [0.2, 0.25) is 16.0 Å². The van der Waals surface area contributed by atoms with Crippen LogP contribution in [-0.4, -0.2) is 84.7 Å². The minimum atomic E-state index is -3.25. The topological polar surface area (TPSA) is 81.7 Å². The highest BCUT2D eigenvalue weighted by Crippen LogP contribution is 2.45. The molecule has 11 heteroatoms. The lowest BCUT2D eigenvalue weighted by Crippen LogP contribution is -2.55. The van der Waals surface area contributed by atoms with E-state index in [-0.39, 0.29) is 17.0 Å². The number of hydrogen-bond acceptors (Lipinski definition) is 7. The fourth-order valence-electron chi connectivity index (χ4n) is 6.25. The SMILES string of the molecule is CN1CC2(CCN(c3cc(C(F)F)cc4cnc(NC5CCN(S(=O)(=O)C6(C)CC6)CC5)nc34)C2)C1. The number of aromatic nitrogens is 2. The maximum atomic E-state index is 13.7. The minimum Gasteiger partial charge on any atom is -0.369 e. The van der Waals surface area contributed by atoms with Crippen LogP contribution in [0.15, 0.2) is 18.3 Å². The summed E-state index contributed by atoms with van der Waals surface area (Å²) in [6, 6.07) is 3.13. The van der Waals surface area contributed by atoms with Crippen molar-refractivity contribution in [3.8, 4) is 0 Å². The summed E-state index contributed by atoms with van der Waals surface area (Å²) in [6.07, 6.45) is 2.94. The predicted octanol–water partition coefficient (Wildman–Crippen LogP) is 3.47. The standard InChI is InChI=1S/C25H34F2N6O2S/c1-24(5-6-24)36(34,35)33-8-3-19(4-9-33)29-23-28-13-18-11-17(22(26)27)12-20(21(18)30-23)32-10-7-25(16-32)14-31(2)15-25/h11-13,19,22H,3-10,14-16H2,1-2H3,(H,28,29,30). The van der Waals surface area contributed by atoms with Gasteiger partial charge in [-0.25, -0.2) is 31.5 Å². The molecule has 6 rings (SSSR count). The van der Waals surface area contributed by atoms with Crippen molar-refractivity contribution in [2.45, 2.75) is 56.2 Å². The number of sulfonamides is 1. The Morgan fingerprint density at radius 1 is 1.08 bits per heavy atom. The van der Waals surface area contributed by atoms with Crippen LogP contribution >= 0.6 is 0 Å². The molecule has 0 amide bonds. The van der Waals surface area contributed by atoms with E-state index in [1.807, 2.05) is 6.92 Å². The summed E-state index contributed by atoms with van der Waals surface area (Å²) in [7, 11) is -1.14. The van der Waals surface area contributed by atoms with E-state index in [9.17, 15) is 17.2 Å². The van der Waals surface area contributed by atoms with Gasteiger partial charge in [0.25, 0.3) is 6.43 Å². The fourth-order valence-corrected chi connectivity index (χ4v) is 8.19. The van der Waals surface area contributed by atoms with Crippen LogP contribution in [-0.2, 0) is 10.0 Å². The summed E-state index contributed by atoms with van der Waals surface area (Å²) in [6.45, 7) is 6.54. The van der Waals surface area contributed by atoms with Crippen molar-refractivity contribution in [2.24, 2.45) is 5.41 Å². The van der Waals surface area contributed by atoms with Gasteiger partial charge in [0.15, 0.2) is 0 Å². The van der Waals surface area contributed by atoms with E-state index in [2.05, 4.69) is 27.1 Å². The number of nitrogens with one attached hydrogen (secondary N) is 1. The number of piperidine rings is 1. The van der Waals surface area contributed by atoms with E-state index in [0.29, 0.717) is 42.8 Å². The first kappa shape index (κ1) is 24.2. The second kappa shape index (κ2) is 8.46. The molecule has 1 N–H and O–H groups in total. The van der Waals surface area contributed by atoms with Crippen molar-refractivity contribution in [1.29, 1.82) is 0 Å². The van der Waals surface area contributed by atoms with Gasteiger partial charge in [-0.2, -0.15) is 0 Å². The third kappa shape index (κ3) is 4.12. The van der Waals surface area contributed by atoms with Crippen LogP contribution in [0.2, 0.25) is 0 Å². The number of fused-ring (bicyclic) bond motifs is 1. The summed E-state index contributed by atoms with van der Waals surface area (Å²) in [5.41, 5.74) is 1.66. The van der Waals surface area contributed by atoms with Gasteiger partial charge in [-0.1, -0.05) is 0 Å². The van der Waals surface area contributed by atoms with Crippen LogP contribution in [0, 0.1) is 5.41 Å². The zero-order valence-corrected chi connectivity index (χ0v) is 21.7. The summed E-state index contributed by atoms with van der Waals surface area (Å²) < 4.78 is 54.1. The molecule has 1 aromatic carbocycles. The van der Waals surface area contributed by atoms with Crippen molar-refractivity contribution in [3.63, 3.8) is 0 Å². The Kier molecular flexibility index (Phi) is 5.69. The largest absolute Gasteiger partial charge is 0.369 e. The van der Waals surface area contributed by atoms with E-state index in [0.717, 1.165) is 51.1 Å². The van der Waals surface area contributed by atoms with Gasteiger partial charge in [-0.05, 0) is 58.2 Å². The molecule has 1 aliphatic carbocycles. The Morgan fingerprint density at radius 2 is 1.81 bits per heavy atom. The average Bonchev–Trinajstić information content (AvgIpc) is 3.45. The van der Waals surface area contributed by atoms with Gasteiger partial charge < -0.3 is 15.1 Å². The molecule has 0 unspecified atom stereocenters. The van der Waals surface area contributed by atoms with E-state index >= 15 is 0 Å². The zero-order chi connectivity index (χ0) is 25.3. The van der Waals surface area contributed by atoms with Crippen molar-refractivity contribution in [3.05, 3.63) is 23.9 Å². The van der Waals surface area contributed by atoms with Gasteiger partial charge in [0.1, 0.15) is 0 Å². The molecular formula is C25H34F2N6O2S. The molecule has 1 saturated carbocycles. The summed E-state index contributed by atoms with van der Waals surface area (Å²) in [4.78, 5) is 13.7. The Morgan fingerprint density at radius 3 is 2.44 bits per heavy atom. The highest BCUT2D eigenvalue weighted by atomic mass is 32.2. The van der Waals surface area contributed by atoms with Crippen LogP contribution in [0.5, 0.6) is 0 Å². The maximum absolute atomic E-state index is 13.7. The Bertz CT molecular complexity index is 1270. The van der Waals surface area contributed by atoms with Gasteiger partial charge in [-0.15, -0.1) is 0 Å². The maximum Gasteiger partial charge on any atom is 0.263 e. The number of rotatable bonds is 6.